The topological polar surface area (TPSA) is 12.0 Å². The number of rotatable bonds is 7. The highest BCUT2D eigenvalue weighted by atomic mass is 79.9. The van der Waals surface area contributed by atoms with Crippen molar-refractivity contribution in [1.29, 1.82) is 0 Å². The van der Waals surface area contributed by atoms with Crippen LogP contribution in [-0.4, -0.2) is 13.1 Å². The highest BCUT2D eigenvalue weighted by Gasteiger charge is 2.15. The van der Waals surface area contributed by atoms with Crippen LogP contribution in [0.3, 0.4) is 0 Å². The average Bonchev–Trinajstić information content (AvgIpc) is 2.33. The predicted octanol–water partition coefficient (Wildman–Crippen LogP) is 4.26. The first kappa shape index (κ1) is 14.7. The molecule has 0 saturated carbocycles. The lowest BCUT2D eigenvalue weighted by molar-refractivity contribution is 0.332. The molecule has 0 aliphatic carbocycles. The summed E-state index contributed by atoms with van der Waals surface area (Å²) in [5.41, 5.74) is 1.43. The van der Waals surface area contributed by atoms with Crippen molar-refractivity contribution in [3.8, 4) is 0 Å². The van der Waals surface area contributed by atoms with E-state index in [1.165, 1.54) is 22.9 Å². The number of benzene rings is 1. The monoisotopic (exact) mass is 297 g/mol. The molecular formula is C15H24BrN. The fourth-order valence-corrected chi connectivity index (χ4v) is 2.55. The highest BCUT2D eigenvalue weighted by molar-refractivity contribution is 9.10. The summed E-state index contributed by atoms with van der Waals surface area (Å²) < 4.78 is 1.18. The number of halogens is 1. The van der Waals surface area contributed by atoms with Crippen LogP contribution in [0.1, 0.15) is 32.8 Å². The lowest BCUT2D eigenvalue weighted by Gasteiger charge is -2.23. The van der Waals surface area contributed by atoms with E-state index >= 15 is 0 Å². The smallest absolute Gasteiger partial charge is 0.0177 e. The van der Waals surface area contributed by atoms with Crippen LogP contribution in [0.5, 0.6) is 0 Å². The summed E-state index contributed by atoms with van der Waals surface area (Å²) >= 11 is 3.54. The maximum absolute atomic E-state index is 3.54. The summed E-state index contributed by atoms with van der Waals surface area (Å²) in [4.78, 5) is 0. The van der Waals surface area contributed by atoms with Crippen LogP contribution in [0.25, 0.3) is 0 Å². The molecular weight excluding hydrogens is 274 g/mol. The molecule has 0 spiro atoms. The molecule has 1 aromatic carbocycles. The SMILES string of the molecule is CCNCC(Cc1cccc(Br)c1)C(C)CC. The van der Waals surface area contributed by atoms with E-state index in [-0.39, 0.29) is 0 Å². The van der Waals surface area contributed by atoms with Gasteiger partial charge in [0.1, 0.15) is 0 Å². The van der Waals surface area contributed by atoms with Crippen LogP contribution >= 0.6 is 15.9 Å². The molecule has 1 nitrogen and oxygen atoms in total. The fourth-order valence-electron chi connectivity index (χ4n) is 2.10. The molecule has 0 aromatic heterocycles. The molecule has 0 aliphatic heterocycles. The van der Waals surface area contributed by atoms with Crippen LogP contribution in [0.2, 0.25) is 0 Å². The third-order valence-corrected chi connectivity index (χ3v) is 3.99. The van der Waals surface area contributed by atoms with Gasteiger partial charge < -0.3 is 5.32 Å². The van der Waals surface area contributed by atoms with Crippen molar-refractivity contribution >= 4 is 15.9 Å². The van der Waals surface area contributed by atoms with Gasteiger partial charge in [0.05, 0.1) is 0 Å². The summed E-state index contributed by atoms with van der Waals surface area (Å²) in [7, 11) is 0. The second-order valence-corrected chi connectivity index (χ2v) is 5.70. The summed E-state index contributed by atoms with van der Waals surface area (Å²) in [6.45, 7) is 9.00. The quantitative estimate of drug-likeness (QED) is 0.793. The maximum atomic E-state index is 3.54. The van der Waals surface area contributed by atoms with Gasteiger partial charge in [-0.05, 0) is 49.0 Å². The van der Waals surface area contributed by atoms with Gasteiger partial charge in [-0.15, -0.1) is 0 Å². The Balaban J connectivity index is 2.64. The van der Waals surface area contributed by atoms with Crippen molar-refractivity contribution in [2.45, 2.75) is 33.6 Å². The van der Waals surface area contributed by atoms with Crippen LogP contribution in [0.4, 0.5) is 0 Å². The standard InChI is InChI=1S/C15H24BrN/c1-4-12(3)14(11-17-5-2)9-13-7-6-8-15(16)10-13/h6-8,10,12,14,17H,4-5,9,11H2,1-3H3. The number of nitrogens with one attached hydrogen (secondary N) is 1. The Hall–Kier alpha value is -0.340. The summed E-state index contributed by atoms with van der Waals surface area (Å²) in [6, 6.07) is 8.68. The molecule has 1 N–H and O–H groups in total. The fraction of sp³-hybridized carbons (Fsp3) is 0.600. The van der Waals surface area contributed by atoms with E-state index in [1.54, 1.807) is 0 Å². The van der Waals surface area contributed by atoms with Crippen molar-refractivity contribution in [3.63, 3.8) is 0 Å². The highest BCUT2D eigenvalue weighted by Crippen LogP contribution is 2.21. The van der Waals surface area contributed by atoms with Crippen LogP contribution in [0, 0.1) is 11.8 Å². The van der Waals surface area contributed by atoms with E-state index in [2.05, 4.69) is 66.3 Å². The zero-order chi connectivity index (χ0) is 12.7. The zero-order valence-electron chi connectivity index (χ0n) is 11.2. The van der Waals surface area contributed by atoms with Crippen molar-refractivity contribution in [3.05, 3.63) is 34.3 Å². The molecule has 96 valence electrons. The van der Waals surface area contributed by atoms with Gasteiger partial charge in [0.15, 0.2) is 0 Å². The van der Waals surface area contributed by atoms with Crippen LogP contribution in [0.15, 0.2) is 28.7 Å². The Morgan fingerprint density at radius 1 is 1.29 bits per heavy atom. The van der Waals surface area contributed by atoms with Crippen molar-refractivity contribution in [2.24, 2.45) is 11.8 Å². The number of hydrogen-bond acceptors (Lipinski definition) is 1. The van der Waals surface area contributed by atoms with Gasteiger partial charge in [-0.1, -0.05) is 55.3 Å². The minimum Gasteiger partial charge on any atom is -0.317 e. The molecule has 0 radical (unpaired) electrons. The first-order valence-corrected chi connectivity index (χ1v) is 7.41. The molecule has 17 heavy (non-hydrogen) atoms. The van der Waals surface area contributed by atoms with E-state index < -0.39 is 0 Å². The molecule has 0 aliphatic rings. The zero-order valence-corrected chi connectivity index (χ0v) is 12.8. The molecule has 0 saturated heterocycles. The summed E-state index contributed by atoms with van der Waals surface area (Å²) in [6.07, 6.45) is 2.42. The second-order valence-electron chi connectivity index (χ2n) is 4.79. The van der Waals surface area contributed by atoms with Crippen molar-refractivity contribution < 1.29 is 0 Å². The van der Waals surface area contributed by atoms with Gasteiger partial charge in [0.25, 0.3) is 0 Å². The minimum absolute atomic E-state index is 0.731. The van der Waals surface area contributed by atoms with E-state index in [0.717, 1.165) is 24.9 Å². The largest absolute Gasteiger partial charge is 0.317 e. The molecule has 0 bridgehead atoms. The molecule has 1 rings (SSSR count). The predicted molar refractivity (Wildman–Crippen MR) is 79.3 cm³/mol. The van der Waals surface area contributed by atoms with E-state index in [4.69, 9.17) is 0 Å². The van der Waals surface area contributed by atoms with E-state index in [0.29, 0.717) is 0 Å². The lowest BCUT2D eigenvalue weighted by Crippen LogP contribution is -2.28. The summed E-state index contributed by atoms with van der Waals surface area (Å²) in [5, 5.41) is 3.49. The van der Waals surface area contributed by atoms with Gasteiger partial charge in [-0.3, -0.25) is 0 Å². The van der Waals surface area contributed by atoms with Gasteiger partial charge in [0, 0.05) is 4.47 Å². The minimum atomic E-state index is 0.731. The van der Waals surface area contributed by atoms with Gasteiger partial charge in [-0.25, -0.2) is 0 Å². The van der Waals surface area contributed by atoms with Gasteiger partial charge >= 0.3 is 0 Å². The molecule has 0 heterocycles. The van der Waals surface area contributed by atoms with Gasteiger partial charge in [0.2, 0.25) is 0 Å². The Bertz CT molecular complexity index is 324. The Kier molecular flexibility index (Phi) is 6.83. The molecule has 1 aromatic rings. The van der Waals surface area contributed by atoms with Crippen LogP contribution < -0.4 is 5.32 Å². The molecule has 2 unspecified atom stereocenters. The average molecular weight is 298 g/mol. The summed E-state index contributed by atoms with van der Waals surface area (Å²) in [5.74, 6) is 1.50. The molecule has 2 atom stereocenters. The lowest BCUT2D eigenvalue weighted by atomic mass is 9.86. The molecule has 0 amide bonds. The first-order chi connectivity index (χ1) is 8.17. The maximum Gasteiger partial charge on any atom is 0.0177 e. The Morgan fingerprint density at radius 3 is 2.65 bits per heavy atom. The van der Waals surface area contributed by atoms with Crippen LogP contribution in [-0.2, 0) is 6.42 Å². The van der Waals surface area contributed by atoms with Crippen molar-refractivity contribution in [2.75, 3.05) is 13.1 Å². The normalized spacial score (nSPS) is 14.6. The molecule has 2 heteroatoms. The van der Waals surface area contributed by atoms with E-state index in [9.17, 15) is 0 Å². The van der Waals surface area contributed by atoms with Crippen molar-refractivity contribution in [1.82, 2.24) is 5.32 Å². The van der Waals surface area contributed by atoms with Gasteiger partial charge in [-0.2, -0.15) is 0 Å². The first-order valence-electron chi connectivity index (χ1n) is 6.62. The molecule has 0 fully saturated rings. The Labute approximate surface area is 114 Å². The Morgan fingerprint density at radius 2 is 2.06 bits per heavy atom. The third-order valence-electron chi connectivity index (χ3n) is 3.49. The second kappa shape index (κ2) is 7.88. The third kappa shape index (κ3) is 5.22. The number of hydrogen-bond donors (Lipinski definition) is 1. The van der Waals surface area contributed by atoms with E-state index in [1.807, 2.05) is 0 Å².